The van der Waals surface area contributed by atoms with Gasteiger partial charge in [0.1, 0.15) is 33.7 Å². The van der Waals surface area contributed by atoms with Crippen LogP contribution in [-0.2, 0) is 9.47 Å². The molecule has 0 aromatic carbocycles. The molecule has 1 spiro atoms. The second-order valence-electron chi connectivity index (χ2n) is 11.4. The molecule has 5 fully saturated rings. The van der Waals surface area contributed by atoms with Crippen LogP contribution in [0.2, 0.25) is 0 Å². The molecular weight excluding hydrogens is 430 g/mol. The summed E-state index contributed by atoms with van der Waals surface area (Å²) in [6, 6.07) is 3.11. The third kappa shape index (κ3) is 1.56. The molecule has 1 aromatic rings. The van der Waals surface area contributed by atoms with Crippen molar-refractivity contribution in [2.24, 2.45) is 16.7 Å². The summed E-state index contributed by atoms with van der Waals surface area (Å²) in [5, 5.41) is 61.7. The first-order valence-corrected chi connectivity index (χ1v) is 11.5. The first kappa shape index (κ1) is 21.8. The Bertz CT molecular complexity index is 1100. The van der Waals surface area contributed by atoms with Crippen LogP contribution in [-0.4, -0.2) is 76.4 Å². The lowest BCUT2D eigenvalue weighted by atomic mass is 9.52. The summed E-state index contributed by atoms with van der Waals surface area (Å²) in [6.07, 6.45) is 3.20. The van der Waals surface area contributed by atoms with E-state index in [1.807, 2.05) is 0 Å². The number of aromatic nitrogens is 1. The molecule has 6 bridgehead atoms. The summed E-state index contributed by atoms with van der Waals surface area (Å²) >= 11 is 0. The molecule has 3 saturated carbocycles. The van der Waals surface area contributed by atoms with Gasteiger partial charge in [0.2, 0.25) is 0 Å². The van der Waals surface area contributed by atoms with Crippen molar-refractivity contribution >= 4 is 5.97 Å². The first-order chi connectivity index (χ1) is 15.2. The molecule has 33 heavy (non-hydrogen) atoms. The van der Waals surface area contributed by atoms with Gasteiger partial charge in [0.15, 0.2) is 11.9 Å². The van der Waals surface area contributed by atoms with Crippen molar-refractivity contribution in [1.29, 1.82) is 0 Å². The summed E-state index contributed by atoms with van der Waals surface area (Å²) in [6.45, 7) is 6.40. The zero-order valence-electron chi connectivity index (χ0n) is 19.1. The highest BCUT2D eigenvalue weighted by molar-refractivity contribution is 5.87. The van der Waals surface area contributed by atoms with Gasteiger partial charge in [-0.15, -0.1) is 0 Å². The number of aromatic amines is 1. The summed E-state index contributed by atoms with van der Waals surface area (Å²) in [5.74, 6) is -3.60. The van der Waals surface area contributed by atoms with Gasteiger partial charge in [-0.1, -0.05) is 32.9 Å². The summed E-state index contributed by atoms with van der Waals surface area (Å²) in [7, 11) is 0. The molecule has 2 saturated heterocycles. The van der Waals surface area contributed by atoms with Gasteiger partial charge in [0.25, 0.3) is 0 Å². The molecule has 9 heteroatoms. The van der Waals surface area contributed by atoms with Gasteiger partial charge >= 0.3 is 5.97 Å². The smallest absolute Gasteiger partial charge is 0.355 e. The number of aliphatic hydroxyl groups is 5. The van der Waals surface area contributed by atoms with Crippen LogP contribution in [0.25, 0.3) is 0 Å². The summed E-state index contributed by atoms with van der Waals surface area (Å²) in [4.78, 5) is 15.8. The Morgan fingerprint density at radius 2 is 1.82 bits per heavy atom. The lowest BCUT2D eigenvalue weighted by molar-refractivity contribution is -0.371. The van der Waals surface area contributed by atoms with Crippen molar-refractivity contribution in [3.63, 3.8) is 0 Å². The van der Waals surface area contributed by atoms with Crippen molar-refractivity contribution in [1.82, 2.24) is 4.98 Å². The average Bonchev–Trinajstić information content (AvgIpc) is 3.36. The van der Waals surface area contributed by atoms with E-state index < -0.39 is 62.6 Å². The molecule has 180 valence electrons. The number of H-pyrrole nitrogens is 1. The molecule has 0 radical (unpaired) electrons. The van der Waals surface area contributed by atoms with Crippen LogP contribution in [0.15, 0.2) is 30.5 Å². The quantitative estimate of drug-likeness (QED) is 0.279. The topological polar surface area (TPSA) is 152 Å². The monoisotopic (exact) mass is 461 g/mol. The van der Waals surface area contributed by atoms with Crippen molar-refractivity contribution < 1.29 is 39.8 Å². The van der Waals surface area contributed by atoms with Gasteiger partial charge in [0.05, 0.1) is 5.41 Å². The Morgan fingerprint density at radius 3 is 2.42 bits per heavy atom. The lowest BCUT2D eigenvalue weighted by Gasteiger charge is -2.59. The molecule has 0 amide bonds. The number of hydrogen-bond donors (Lipinski definition) is 6. The number of hydrogen-bond acceptors (Lipinski definition) is 8. The maximum Gasteiger partial charge on any atom is 0.355 e. The van der Waals surface area contributed by atoms with Crippen molar-refractivity contribution in [3.05, 3.63) is 36.2 Å². The minimum Gasteiger partial charge on any atom is -0.451 e. The Balaban J connectivity index is 1.68. The third-order valence-electron chi connectivity index (χ3n) is 10.5. The minimum absolute atomic E-state index is 0.0151. The van der Waals surface area contributed by atoms with Crippen LogP contribution in [0, 0.1) is 16.7 Å². The molecule has 3 heterocycles. The highest BCUT2D eigenvalue weighted by atomic mass is 16.7. The highest BCUT2D eigenvalue weighted by Crippen LogP contribution is 2.90. The minimum atomic E-state index is -2.34. The molecule has 4 aliphatic carbocycles. The molecule has 1 aromatic heterocycles. The van der Waals surface area contributed by atoms with E-state index in [9.17, 15) is 30.3 Å². The van der Waals surface area contributed by atoms with Gasteiger partial charge in [-0.25, -0.2) is 4.79 Å². The van der Waals surface area contributed by atoms with E-state index in [4.69, 9.17) is 9.47 Å². The largest absolute Gasteiger partial charge is 0.451 e. The number of carbonyl (C=O) groups excluding carboxylic acids is 1. The molecule has 6 N–H and O–H groups in total. The fourth-order valence-electron chi connectivity index (χ4n) is 8.95. The van der Waals surface area contributed by atoms with Gasteiger partial charge in [0, 0.05) is 24.5 Å². The second kappa shape index (κ2) is 5.40. The van der Waals surface area contributed by atoms with E-state index in [1.165, 1.54) is 13.0 Å². The molecule has 7 rings (SSSR count). The maximum atomic E-state index is 13.1. The van der Waals surface area contributed by atoms with Crippen molar-refractivity contribution in [2.45, 2.75) is 86.9 Å². The van der Waals surface area contributed by atoms with Gasteiger partial charge < -0.3 is 40.0 Å². The van der Waals surface area contributed by atoms with Crippen LogP contribution in [0.4, 0.5) is 0 Å². The van der Waals surface area contributed by atoms with Crippen LogP contribution < -0.4 is 0 Å². The number of esters is 1. The number of nitrogens with one attached hydrogen (secondary N) is 1. The normalized spacial score (nSPS) is 57.7. The highest BCUT2D eigenvalue weighted by Gasteiger charge is 3.08. The van der Waals surface area contributed by atoms with E-state index in [0.717, 1.165) is 0 Å². The standard InChI is InChI=1S/C24H31NO8/c1-13(2)22(29)16(32-15(26)14-8-7-11-25-14)23(30)17(3)12-21(28)18(22,4)24(23,31)20(33-21)10-6-5-9-19(17,20)27/h5-8,11,13,16,25,27-31H,9-10,12H2,1-4H3/t16-,17+,18+,19+,20-,21+,22-,23-,24+/m1/s1. The fraction of sp³-hybridized carbons (Fsp3) is 0.708. The average molecular weight is 462 g/mol. The molecule has 0 unspecified atom stereocenters. The number of carbonyl (C=O) groups is 1. The van der Waals surface area contributed by atoms with E-state index >= 15 is 0 Å². The predicted octanol–water partition coefficient (Wildman–Crippen LogP) is 0.372. The van der Waals surface area contributed by atoms with Crippen molar-refractivity contribution in [3.8, 4) is 0 Å². The lowest BCUT2D eigenvalue weighted by Crippen LogP contribution is -2.73. The maximum absolute atomic E-state index is 13.1. The Hall–Kier alpha value is -1.75. The van der Waals surface area contributed by atoms with E-state index in [2.05, 4.69) is 4.98 Å². The first-order valence-electron chi connectivity index (χ1n) is 11.5. The van der Waals surface area contributed by atoms with Crippen LogP contribution in [0.5, 0.6) is 0 Å². The van der Waals surface area contributed by atoms with Gasteiger partial charge in [-0.2, -0.15) is 0 Å². The summed E-state index contributed by atoms with van der Waals surface area (Å²) in [5.41, 5.74) is -13.7. The van der Waals surface area contributed by atoms with Gasteiger partial charge in [-0.3, -0.25) is 0 Å². The second-order valence-corrected chi connectivity index (χ2v) is 11.4. The SMILES string of the molecule is CC(C)[C@@]1(O)[C@@H](OC(=O)c2ccc[nH]2)[C@@]2(O)[C@@]3(C)C[C@]4(O)O[C@@]5(CC=CC[C@]35O)[C@@]2(O)[C@]14C. The summed E-state index contributed by atoms with van der Waals surface area (Å²) < 4.78 is 12.1. The van der Waals surface area contributed by atoms with E-state index in [1.54, 1.807) is 45.2 Å². The number of rotatable bonds is 3. The van der Waals surface area contributed by atoms with E-state index in [-0.39, 0.29) is 25.0 Å². The zero-order chi connectivity index (χ0) is 24.1. The molecule has 9 nitrogen and oxygen atoms in total. The fourth-order valence-corrected chi connectivity index (χ4v) is 8.95. The third-order valence-corrected chi connectivity index (χ3v) is 10.5. The van der Waals surface area contributed by atoms with Crippen LogP contribution in [0.3, 0.4) is 0 Å². The van der Waals surface area contributed by atoms with Crippen LogP contribution >= 0.6 is 0 Å². The molecular formula is C24H31NO8. The van der Waals surface area contributed by atoms with Gasteiger partial charge in [-0.05, 0) is 31.4 Å². The number of ether oxygens (including phenoxy) is 2. The molecule has 2 aliphatic heterocycles. The Labute approximate surface area is 191 Å². The molecule has 9 atom stereocenters. The predicted molar refractivity (Wildman–Crippen MR) is 113 cm³/mol. The Morgan fingerprint density at radius 1 is 1.15 bits per heavy atom. The van der Waals surface area contributed by atoms with Crippen LogP contribution in [0.1, 0.15) is 57.4 Å². The molecule has 6 aliphatic rings. The van der Waals surface area contributed by atoms with E-state index in [0.29, 0.717) is 0 Å². The Kier molecular flexibility index (Phi) is 3.56. The van der Waals surface area contributed by atoms with Crippen molar-refractivity contribution in [2.75, 3.05) is 0 Å². The zero-order valence-corrected chi connectivity index (χ0v) is 19.1.